The van der Waals surface area contributed by atoms with Gasteiger partial charge in [0.2, 0.25) is 0 Å². The minimum absolute atomic E-state index is 0.126. The van der Waals surface area contributed by atoms with E-state index in [0.717, 1.165) is 0 Å². The lowest BCUT2D eigenvalue weighted by Gasteiger charge is -2.26. The number of carbonyl (C=O) groups is 2. The Morgan fingerprint density at radius 2 is 2.13 bits per heavy atom. The topological polar surface area (TPSA) is 78.9 Å². The summed E-state index contributed by atoms with van der Waals surface area (Å²) in [7, 11) is 3.20. The number of nitrogens with zero attached hydrogens (tertiary/aromatic N) is 1. The molecule has 0 aliphatic carbocycles. The van der Waals surface area contributed by atoms with E-state index in [4.69, 9.17) is 9.84 Å². The van der Waals surface area contributed by atoms with Gasteiger partial charge in [-0.15, -0.1) is 0 Å². The fourth-order valence-corrected chi connectivity index (χ4v) is 1.36. The van der Waals surface area contributed by atoms with Crippen LogP contribution in [0.3, 0.4) is 0 Å². The fraction of sp³-hybridized carbons (Fsp3) is 0.778. The first-order chi connectivity index (χ1) is 6.88. The first kappa shape index (κ1) is 11.8. The summed E-state index contributed by atoms with van der Waals surface area (Å²) in [4.78, 5) is 23.8. The highest BCUT2D eigenvalue weighted by atomic mass is 16.5. The minimum atomic E-state index is -1.04. The summed E-state index contributed by atoms with van der Waals surface area (Å²) in [6.07, 6.45) is 0. The van der Waals surface area contributed by atoms with Crippen molar-refractivity contribution in [2.45, 2.75) is 13.0 Å². The van der Waals surface area contributed by atoms with Gasteiger partial charge in [-0.1, -0.05) is 0 Å². The maximum atomic E-state index is 11.4. The van der Waals surface area contributed by atoms with Crippen LogP contribution in [0.1, 0.15) is 6.92 Å². The maximum Gasteiger partial charge on any atom is 0.317 e. The number of aliphatic carboxylic acids is 1. The van der Waals surface area contributed by atoms with Gasteiger partial charge in [0.1, 0.15) is 5.41 Å². The van der Waals surface area contributed by atoms with Crippen LogP contribution in [0.5, 0.6) is 0 Å². The second-order valence-electron chi connectivity index (χ2n) is 4.13. The molecule has 1 heterocycles. The summed E-state index contributed by atoms with van der Waals surface area (Å²) >= 11 is 0. The van der Waals surface area contributed by atoms with Crippen LogP contribution in [-0.4, -0.2) is 55.4 Å². The van der Waals surface area contributed by atoms with Gasteiger partial charge in [-0.2, -0.15) is 0 Å². The lowest BCUT2D eigenvalue weighted by Crippen LogP contribution is -2.52. The number of carboxylic acids is 1. The van der Waals surface area contributed by atoms with E-state index in [-0.39, 0.29) is 19.2 Å². The molecule has 86 valence electrons. The summed E-state index contributed by atoms with van der Waals surface area (Å²) in [6, 6.07) is -0.789. The molecule has 15 heavy (non-hydrogen) atoms. The number of amides is 2. The Hall–Kier alpha value is -1.30. The molecule has 2 atom stereocenters. The third-order valence-electron chi connectivity index (χ3n) is 2.65. The van der Waals surface area contributed by atoms with E-state index < -0.39 is 17.4 Å². The number of ether oxygens (including phenoxy) is 1. The molecule has 6 heteroatoms. The first-order valence-electron chi connectivity index (χ1n) is 4.67. The summed E-state index contributed by atoms with van der Waals surface area (Å²) in [5, 5.41) is 11.7. The predicted molar refractivity (Wildman–Crippen MR) is 52.6 cm³/mol. The smallest absolute Gasteiger partial charge is 0.317 e. The van der Waals surface area contributed by atoms with Gasteiger partial charge in [-0.3, -0.25) is 4.79 Å². The number of hydrogen-bond acceptors (Lipinski definition) is 3. The maximum absolute atomic E-state index is 11.4. The van der Waals surface area contributed by atoms with Crippen LogP contribution in [0.2, 0.25) is 0 Å². The molecule has 0 bridgehead atoms. The van der Waals surface area contributed by atoms with Crippen LogP contribution < -0.4 is 5.32 Å². The van der Waals surface area contributed by atoms with Crippen molar-refractivity contribution in [1.29, 1.82) is 0 Å². The molecule has 0 aromatic heterocycles. The normalized spacial score (nSPS) is 29.9. The molecular weight excluding hydrogens is 200 g/mol. The number of carboxylic acid groups (broad SMARTS) is 1. The quantitative estimate of drug-likeness (QED) is 0.667. The zero-order valence-corrected chi connectivity index (χ0v) is 9.11. The standard InChI is InChI=1S/C9H16N2O4/c1-9(7(12)13)5-15-4-6(9)10-8(14)11(2)3/h6H,4-5H2,1-3H3,(H,10,14)(H,12,13). The number of carbonyl (C=O) groups excluding carboxylic acids is 1. The van der Waals surface area contributed by atoms with E-state index in [2.05, 4.69) is 5.32 Å². The van der Waals surface area contributed by atoms with Crippen LogP contribution in [0.15, 0.2) is 0 Å². The Bertz CT molecular complexity index is 279. The van der Waals surface area contributed by atoms with Crippen molar-refractivity contribution in [2.24, 2.45) is 5.41 Å². The molecule has 2 amide bonds. The predicted octanol–water partition coefficient (Wildman–Crippen LogP) is -0.253. The highest BCUT2D eigenvalue weighted by Crippen LogP contribution is 2.28. The third kappa shape index (κ3) is 2.20. The number of hydrogen-bond donors (Lipinski definition) is 2. The largest absolute Gasteiger partial charge is 0.481 e. The van der Waals surface area contributed by atoms with Crippen molar-refractivity contribution in [2.75, 3.05) is 27.3 Å². The average molecular weight is 216 g/mol. The molecule has 0 spiro atoms. The molecule has 1 saturated heterocycles. The van der Waals surface area contributed by atoms with Gasteiger partial charge < -0.3 is 20.1 Å². The number of urea groups is 1. The SMILES string of the molecule is CN(C)C(=O)NC1COCC1(C)C(=O)O. The van der Waals surface area contributed by atoms with Gasteiger partial charge in [0, 0.05) is 14.1 Å². The van der Waals surface area contributed by atoms with Crippen LogP contribution in [0.25, 0.3) is 0 Å². The monoisotopic (exact) mass is 216 g/mol. The van der Waals surface area contributed by atoms with Crippen molar-refractivity contribution < 1.29 is 19.4 Å². The van der Waals surface area contributed by atoms with E-state index in [0.29, 0.717) is 0 Å². The molecule has 6 nitrogen and oxygen atoms in total. The molecular formula is C9H16N2O4. The van der Waals surface area contributed by atoms with Crippen molar-refractivity contribution in [3.05, 3.63) is 0 Å². The van der Waals surface area contributed by atoms with Gasteiger partial charge in [0.05, 0.1) is 19.3 Å². The van der Waals surface area contributed by atoms with Crippen molar-refractivity contribution >= 4 is 12.0 Å². The summed E-state index contributed by atoms with van der Waals surface area (Å²) in [6.45, 7) is 1.94. The third-order valence-corrected chi connectivity index (χ3v) is 2.65. The molecule has 2 unspecified atom stereocenters. The fourth-order valence-electron chi connectivity index (χ4n) is 1.36. The van der Waals surface area contributed by atoms with Crippen LogP contribution >= 0.6 is 0 Å². The summed E-state index contributed by atoms with van der Waals surface area (Å²) in [5.41, 5.74) is -1.04. The Balaban J connectivity index is 2.70. The summed E-state index contributed by atoms with van der Waals surface area (Å²) in [5.74, 6) is -0.955. The van der Waals surface area contributed by atoms with Crippen molar-refractivity contribution in [1.82, 2.24) is 10.2 Å². The van der Waals surface area contributed by atoms with Gasteiger partial charge >= 0.3 is 12.0 Å². The Kier molecular flexibility index (Phi) is 3.18. The van der Waals surface area contributed by atoms with Gasteiger partial charge in [0.25, 0.3) is 0 Å². The number of nitrogens with one attached hydrogen (secondary N) is 1. The summed E-state index contributed by atoms with van der Waals surface area (Å²) < 4.78 is 5.10. The first-order valence-corrected chi connectivity index (χ1v) is 4.67. The minimum Gasteiger partial charge on any atom is -0.481 e. The van der Waals surface area contributed by atoms with E-state index in [9.17, 15) is 9.59 Å². The molecule has 0 radical (unpaired) electrons. The van der Waals surface area contributed by atoms with Crippen molar-refractivity contribution in [3.63, 3.8) is 0 Å². The van der Waals surface area contributed by atoms with Crippen molar-refractivity contribution in [3.8, 4) is 0 Å². The second kappa shape index (κ2) is 4.06. The molecule has 1 fully saturated rings. The molecule has 1 aliphatic rings. The highest BCUT2D eigenvalue weighted by molar-refractivity contribution is 5.79. The second-order valence-corrected chi connectivity index (χ2v) is 4.13. The van der Waals surface area contributed by atoms with Crippen LogP contribution in [0.4, 0.5) is 4.79 Å². The van der Waals surface area contributed by atoms with Crippen LogP contribution in [-0.2, 0) is 9.53 Å². The number of rotatable bonds is 2. The molecule has 0 aromatic rings. The zero-order valence-electron chi connectivity index (χ0n) is 9.11. The van der Waals surface area contributed by atoms with Gasteiger partial charge in [-0.25, -0.2) is 4.79 Å². The molecule has 0 saturated carbocycles. The van der Waals surface area contributed by atoms with E-state index in [1.165, 1.54) is 4.90 Å². The van der Waals surface area contributed by atoms with E-state index >= 15 is 0 Å². The molecule has 1 aliphatic heterocycles. The van der Waals surface area contributed by atoms with E-state index in [1.54, 1.807) is 21.0 Å². The lowest BCUT2D eigenvalue weighted by atomic mass is 9.85. The average Bonchev–Trinajstić information content (AvgIpc) is 2.49. The zero-order chi connectivity index (χ0) is 11.6. The Morgan fingerprint density at radius 3 is 2.60 bits per heavy atom. The van der Waals surface area contributed by atoms with E-state index in [1.807, 2.05) is 0 Å². The van der Waals surface area contributed by atoms with Gasteiger partial charge in [0.15, 0.2) is 0 Å². The van der Waals surface area contributed by atoms with Crippen LogP contribution in [0, 0.1) is 5.41 Å². The lowest BCUT2D eigenvalue weighted by molar-refractivity contribution is -0.148. The molecule has 1 rings (SSSR count). The highest BCUT2D eigenvalue weighted by Gasteiger charge is 2.47. The van der Waals surface area contributed by atoms with Gasteiger partial charge in [-0.05, 0) is 6.92 Å². The molecule has 0 aromatic carbocycles. The Morgan fingerprint density at radius 1 is 1.53 bits per heavy atom. The molecule has 2 N–H and O–H groups in total. The Labute approximate surface area is 88.2 Å².